The zero-order valence-corrected chi connectivity index (χ0v) is 14.4. The van der Waals surface area contributed by atoms with Gasteiger partial charge in [-0.05, 0) is 18.4 Å². The van der Waals surface area contributed by atoms with Crippen LogP contribution in [0.15, 0.2) is 30.3 Å². The van der Waals surface area contributed by atoms with Crippen molar-refractivity contribution in [2.75, 3.05) is 13.7 Å². The SMILES string of the molecule is COC(=O)[C@H]1CCCN1C(=O)C(=O)C(Cc1ccccc1)NC(C)=O. The summed E-state index contributed by atoms with van der Waals surface area (Å²) in [4.78, 5) is 49.8. The predicted octanol–water partition coefficient (Wildman–Crippen LogP) is 0.467. The number of nitrogens with one attached hydrogen (secondary N) is 1. The number of benzene rings is 1. The first kappa shape index (κ1) is 18.6. The minimum atomic E-state index is -0.966. The minimum Gasteiger partial charge on any atom is -0.467 e. The van der Waals surface area contributed by atoms with Crippen LogP contribution in [0.1, 0.15) is 25.3 Å². The van der Waals surface area contributed by atoms with Gasteiger partial charge in [-0.3, -0.25) is 14.4 Å². The van der Waals surface area contributed by atoms with Gasteiger partial charge >= 0.3 is 5.97 Å². The number of carbonyl (C=O) groups is 4. The van der Waals surface area contributed by atoms with Crippen molar-refractivity contribution in [3.63, 3.8) is 0 Å². The highest BCUT2D eigenvalue weighted by atomic mass is 16.5. The molecule has 0 aliphatic carbocycles. The molecular formula is C18H22N2O5. The van der Waals surface area contributed by atoms with Crippen LogP contribution in [-0.4, -0.2) is 54.2 Å². The van der Waals surface area contributed by atoms with E-state index in [0.717, 1.165) is 5.56 Å². The summed E-state index contributed by atoms with van der Waals surface area (Å²) < 4.78 is 4.70. The number of hydrogen-bond donors (Lipinski definition) is 1. The van der Waals surface area contributed by atoms with Crippen LogP contribution < -0.4 is 5.32 Å². The molecule has 0 bridgehead atoms. The molecule has 2 rings (SSSR count). The fraction of sp³-hybridized carbons (Fsp3) is 0.444. The van der Waals surface area contributed by atoms with Gasteiger partial charge in [-0.15, -0.1) is 0 Å². The van der Waals surface area contributed by atoms with E-state index in [4.69, 9.17) is 4.74 Å². The summed E-state index contributed by atoms with van der Waals surface area (Å²) in [6.45, 7) is 1.62. The van der Waals surface area contributed by atoms with Gasteiger partial charge in [-0.2, -0.15) is 0 Å². The first-order valence-corrected chi connectivity index (χ1v) is 8.17. The van der Waals surface area contributed by atoms with Gasteiger partial charge < -0.3 is 15.0 Å². The normalized spacial score (nSPS) is 17.7. The van der Waals surface area contributed by atoms with E-state index in [1.807, 2.05) is 30.3 Å². The lowest BCUT2D eigenvalue weighted by molar-refractivity contribution is -0.154. The second kappa shape index (κ2) is 8.41. The second-order valence-corrected chi connectivity index (χ2v) is 5.99. The zero-order valence-electron chi connectivity index (χ0n) is 14.4. The number of ketones is 1. The summed E-state index contributed by atoms with van der Waals surface area (Å²) in [5.74, 6) is -2.41. The van der Waals surface area contributed by atoms with Gasteiger partial charge in [0.25, 0.3) is 5.91 Å². The van der Waals surface area contributed by atoms with Crippen LogP contribution in [0.4, 0.5) is 0 Å². The third-order valence-corrected chi connectivity index (χ3v) is 4.17. The number of methoxy groups -OCH3 is 1. The van der Waals surface area contributed by atoms with Gasteiger partial charge in [0.1, 0.15) is 12.1 Å². The topological polar surface area (TPSA) is 92.8 Å². The Balaban J connectivity index is 2.15. The van der Waals surface area contributed by atoms with Crippen LogP contribution >= 0.6 is 0 Å². The van der Waals surface area contributed by atoms with E-state index in [9.17, 15) is 19.2 Å². The standard InChI is InChI=1S/C18H22N2O5/c1-12(21)19-14(11-13-7-4-3-5-8-13)16(22)17(23)20-10-6-9-15(20)18(24)25-2/h3-5,7-8,14-15H,6,9-11H2,1-2H3,(H,19,21)/t14?,15-/m1/s1. The highest BCUT2D eigenvalue weighted by Gasteiger charge is 2.39. The lowest BCUT2D eigenvalue weighted by atomic mass is 10.0. The number of carbonyl (C=O) groups excluding carboxylic acids is 4. The molecule has 0 spiro atoms. The van der Waals surface area contributed by atoms with E-state index in [2.05, 4.69) is 5.32 Å². The van der Waals surface area contributed by atoms with E-state index in [1.165, 1.54) is 18.9 Å². The van der Waals surface area contributed by atoms with Crippen molar-refractivity contribution in [3.8, 4) is 0 Å². The molecule has 1 N–H and O–H groups in total. The lowest BCUT2D eigenvalue weighted by Gasteiger charge is -2.24. The number of nitrogens with zero attached hydrogens (tertiary/aromatic N) is 1. The third kappa shape index (κ3) is 4.65. The minimum absolute atomic E-state index is 0.210. The molecule has 1 aromatic rings. The van der Waals surface area contributed by atoms with Gasteiger partial charge in [-0.1, -0.05) is 30.3 Å². The average Bonchev–Trinajstić information content (AvgIpc) is 3.09. The van der Waals surface area contributed by atoms with Crippen molar-refractivity contribution in [1.82, 2.24) is 10.2 Å². The van der Waals surface area contributed by atoms with Crippen LogP contribution in [-0.2, 0) is 30.3 Å². The van der Waals surface area contributed by atoms with Gasteiger partial charge in [0.15, 0.2) is 0 Å². The second-order valence-electron chi connectivity index (χ2n) is 5.99. The van der Waals surface area contributed by atoms with Gasteiger partial charge in [0.05, 0.1) is 7.11 Å². The maximum absolute atomic E-state index is 12.7. The Kier molecular flexibility index (Phi) is 6.27. The van der Waals surface area contributed by atoms with Crippen molar-refractivity contribution in [2.45, 2.75) is 38.3 Å². The molecule has 1 fully saturated rings. The molecule has 0 radical (unpaired) electrons. The molecule has 134 valence electrons. The van der Waals surface area contributed by atoms with Crippen molar-refractivity contribution in [2.24, 2.45) is 0 Å². The van der Waals surface area contributed by atoms with Crippen LogP contribution in [0, 0.1) is 0 Å². The fourth-order valence-corrected chi connectivity index (χ4v) is 2.99. The van der Waals surface area contributed by atoms with E-state index in [1.54, 1.807) is 0 Å². The molecule has 25 heavy (non-hydrogen) atoms. The van der Waals surface area contributed by atoms with Gasteiger partial charge in [-0.25, -0.2) is 4.79 Å². The number of ether oxygens (including phenoxy) is 1. The molecule has 1 aliphatic rings. The summed E-state index contributed by atoms with van der Waals surface area (Å²) in [7, 11) is 1.25. The maximum atomic E-state index is 12.7. The smallest absolute Gasteiger partial charge is 0.328 e. The Morgan fingerprint density at radius 1 is 1.24 bits per heavy atom. The highest BCUT2D eigenvalue weighted by molar-refractivity contribution is 6.38. The van der Waals surface area contributed by atoms with Crippen molar-refractivity contribution in [1.29, 1.82) is 0 Å². The van der Waals surface area contributed by atoms with Crippen molar-refractivity contribution in [3.05, 3.63) is 35.9 Å². The van der Waals surface area contributed by atoms with E-state index in [0.29, 0.717) is 19.4 Å². The Hall–Kier alpha value is -2.70. The quantitative estimate of drug-likeness (QED) is 0.597. The first-order chi connectivity index (χ1) is 11.9. The molecule has 0 aromatic heterocycles. The lowest BCUT2D eigenvalue weighted by Crippen LogP contribution is -2.51. The molecule has 1 heterocycles. The Labute approximate surface area is 146 Å². The van der Waals surface area contributed by atoms with Crippen LogP contribution in [0.5, 0.6) is 0 Å². The number of rotatable bonds is 6. The van der Waals surface area contributed by atoms with Crippen LogP contribution in [0.25, 0.3) is 0 Å². The number of Topliss-reactive ketones (excluding diaryl/α,β-unsaturated/α-hetero) is 1. The largest absolute Gasteiger partial charge is 0.467 e. The van der Waals surface area contributed by atoms with Gasteiger partial charge in [0, 0.05) is 19.9 Å². The highest BCUT2D eigenvalue weighted by Crippen LogP contribution is 2.19. The van der Waals surface area contributed by atoms with Crippen LogP contribution in [0.2, 0.25) is 0 Å². The summed E-state index contributed by atoms with van der Waals surface area (Å²) in [6.07, 6.45) is 1.30. The molecule has 7 heteroatoms. The predicted molar refractivity (Wildman–Crippen MR) is 89.5 cm³/mol. The molecule has 7 nitrogen and oxygen atoms in total. The number of hydrogen-bond acceptors (Lipinski definition) is 5. The molecule has 1 unspecified atom stereocenters. The monoisotopic (exact) mass is 346 g/mol. The number of esters is 1. The maximum Gasteiger partial charge on any atom is 0.328 e. The van der Waals surface area contributed by atoms with Crippen molar-refractivity contribution < 1.29 is 23.9 Å². The fourth-order valence-electron chi connectivity index (χ4n) is 2.99. The number of likely N-dealkylation sites (tertiary alicyclic amines) is 1. The van der Waals surface area contributed by atoms with Crippen LogP contribution in [0.3, 0.4) is 0 Å². The Morgan fingerprint density at radius 2 is 1.92 bits per heavy atom. The zero-order chi connectivity index (χ0) is 18.4. The summed E-state index contributed by atoms with van der Waals surface area (Å²) in [5.41, 5.74) is 0.827. The summed E-state index contributed by atoms with van der Waals surface area (Å²) in [5, 5.41) is 2.54. The molecule has 1 saturated heterocycles. The molecule has 2 atom stereocenters. The Morgan fingerprint density at radius 3 is 2.52 bits per heavy atom. The molecular weight excluding hydrogens is 324 g/mol. The van der Waals surface area contributed by atoms with Crippen molar-refractivity contribution >= 4 is 23.6 Å². The number of amides is 2. The van der Waals surface area contributed by atoms with E-state index >= 15 is 0 Å². The molecule has 2 amide bonds. The Bertz CT molecular complexity index is 659. The molecule has 1 aliphatic heterocycles. The molecule has 1 aromatic carbocycles. The van der Waals surface area contributed by atoms with Gasteiger partial charge in [0.2, 0.25) is 11.7 Å². The summed E-state index contributed by atoms with van der Waals surface area (Å²) in [6, 6.07) is 7.41. The summed E-state index contributed by atoms with van der Waals surface area (Å²) >= 11 is 0. The van der Waals surface area contributed by atoms with E-state index in [-0.39, 0.29) is 6.42 Å². The first-order valence-electron chi connectivity index (χ1n) is 8.17. The molecule has 0 saturated carbocycles. The third-order valence-electron chi connectivity index (χ3n) is 4.17. The van der Waals surface area contributed by atoms with E-state index < -0.39 is 35.7 Å². The average molecular weight is 346 g/mol.